The normalized spacial score (nSPS) is 25.7. The molecule has 1 amide bonds. The van der Waals surface area contributed by atoms with Crippen LogP contribution in [-0.2, 0) is 17.9 Å². The largest absolute Gasteiger partial charge is 0.352 e. The summed E-state index contributed by atoms with van der Waals surface area (Å²) in [5.74, 6) is 1.13. The molecule has 0 spiro atoms. The molecule has 0 radical (unpaired) electrons. The van der Waals surface area contributed by atoms with Gasteiger partial charge in [0.25, 0.3) is 0 Å². The lowest BCUT2D eigenvalue weighted by Crippen LogP contribution is -2.37. The quantitative estimate of drug-likeness (QED) is 0.864. The maximum absolute atomic E-state index is 12.5. The smallest absolute Gasteiger partial charge is 0.223 e. The number of amides is 1. The molecule has 1 aliphatic carbocycles. The number of carbonyl (C=O) groups is 1. The van der Waals surface area contributed by atoms with Crippen molar-refractivity contribution in [3.05, 3.63) is 35.4 Å². The Bertz CT molecular complexity index is 566. The van der Waals surface area contributed by atoms with Crippen molar-refractivity contribution >= 4 is 5.91 Å². The van der Waals surface area contributed by atoms with Crippen LogP contribution >= 0.6 is 0 Å². The number of likely N-dealkylation sites (tertiary alicyclic amines) is 1. The highest BCUT2D eigenvalue weighted by Crippen LogP contribution is 2.24. The number of nitrogens with one attached hydrogen (secondary N) is 1. The third kappa shape index (κ3) is 5.29. The number of nitrogens with zero attached hydrogens (tertiary/aromatic N) is 1. The molecule has 1 saturated carbocycles. The van der Waals surface area contributed by atoms with Crippen molar-refractivity contribution in [3.63, 3.8) is 0 Å². The lowest BCUT2D eigenvalue weighted by Gasteiger charge is -2.31. The van der Waals surface area contributed by atoms with Crippen LogP contribution in [0.5, 0.6) is 0 Å². The summed E-state index contributed by atoms with van der Waals surface area (Å²) in [6, 6.07) is 8.72. The van der Waals surface area contributed by atoms with E-state index < -0.39 is 0 Å². The fourth-order valence-electron chi connectivity index (χ4n) is 4.14. The molecular formula is C21H33N3O. The molecule has 3 rings (SSSR count). The van der Waals surface area contributed by atoms with Crippen LogP contribution in [-0.4, -0.2) is 29.9 Å². The maximum atomic E-state index is 12.5. The number of rotatable bonds is 5. The van der Waals surface area contributed by atoms with E-state index in [2.05, 4.69) is 41.4 Å². The van der Waals surface area contributed by atoms with Crippen LogP contribution in [0.15, 0.2) is 24.3 Å². The molecule has 2 fully saturated rings. The second-order valence-electron chi connectivity index (χ2n) is 8.07. The van der Waals surface area contributed by atoms with Gasteiger partial charge in [-0.3, -0.25) is 9.69 Å². The van der Waals surface area contributed by atoms with Gasteiger partial charge in [-0.05, 0) is 62.2 Å². The molecule has 1 aromatic rings. The van der Waals surface area contributed by atoms with Crippen LogP contribution in [0.25, 0.3) is 0 Å². The minimum atomic E-state index is 0.0968. The summed E-state index contributed by atoms with van der Waals surface area (Å²) >= 11 is 0. The van der Waals surface area contributed by atoms with E-state index in [0.717, 1.165) is 38.1 Å². The van der Waals surface area contributed by atoms with E-state index >= 15 is 0 Å². The first-order valence-corrected chi connectivity index (χ1v) is 9.94. The van der Waals surface area contributed by atoms with Gasteiger partial charge < -0.3 is 11.1 Å². The van der Waals surface area contributed by atoms with Crippen LogP contribution in [0.3, 0.4) is 0 Å². The molecule has 2 atom stereocenters. The average Bonchev–Trinajstić information content (AvgIpc) is 2.62. The minimum Gasteiger partial charge on any atom is -0.352 e. The number of nitrogens with two attached hydrogens (primary N) is 1. The maximum Gasteiger partial charge on any atom is 0.223 e. The predicted octanol–water partition coefficient (Wildman–Crippen LogP) is 3.05. The third-order valence-corrected chi connectivity index (χ3v) is 5.93. The Morgan fingerprint density at radius 3 is 2.60 bits per heavy atom. The summed E-state index contributed by atoms with van der Waals surface area (Å²) in [7, 11) is 0. The predicted molar refractivity (Wildman–Crippen MR) is 102 cm³/mol. The van der Waals surface area contributed by atoms with Crippen LogP contribution < -0.4 is 11.1 Å². The summed E-state index contributed by atoms with van der Waals surface area (Å²) in [5.41, 5.74) is 8.61. The highest BCUT2D eigenvalue weighted by molar-refractivity contribution is 5.78. The molecule has 138 valence electrons. The van der Waals surface area contributed by atoms with Gasteiger partial charge in [0.05, 0.1) is 0 Å². The third-order valence-electron chi connectivity index (χ3n) is 5.93. The Balaban J connectivity index is 1.54. The van der Waals surface area contributed by atoms with Crippen molar-refractivity contribution in [1.82, 2.24) is 10.2 Å². The second-order valence-corrected chi connectivity index (χ2v) is 8.07. The van der Waals surface area contributed by atoms with Crippen molar-refractivity contribution in [2.24, 2.45) is 17.6 Å². The van der Waals surface area contributed by atoms with E-state index in [1.54, 1.807) is 0 Å². The van der Waals surface area contributed by atoms with Crippen LogP contribution in [0, 0.1) is 11.8 Å². The average molecular weight is 344 g/mol. The topological polar surface area (TPSA) is 58.4 Å². The number of benzene rings is 1. The molecule has 4 nitrogen and oxygen atoms in total. The van der Waals surface area contributed by atoms with Gasteiger partial charge in [0.15, 0.2) is 0 Å². The standard InChI is InChI=1S/C21H33N3O/c1-16-9-11-24(12-10-16)15-19-6-3-2-5-18(19)14-23-21(25)17-7-4-8-20(22)13-17/h2-3,5-6,16-17,20H,4,7-15,22H2,1H3,(H,23,25). The highest BCUT2D eigenvalue weighted by Gasteiger charge is 2.25. The fourth-order valence-corrected chi connectivity index (χ4v) is 4.14. The van der Waals surface area contributed by atoms with E-state index in [-0.39, 0.29) is 17.9 Å². The van der Waals surface area contributed by atoms with Crippen LogP contribution in [0.1, 0.15) is 56.6 Å². The zero-order chi connectivity index (χ0) is 17.6. The molecular weight excluding hydrogens is 310 g/mol. The minimum absolute atomic E-state index is 0.0968. The summed E-state index contributed by atoms with van der Waals surface area (Å²) in [6.07, 6.45) is 6.53. The van der Waals surface area contributed by atoms with Gasteiger partial charge >= 0.3 is 0 Å². The van der Waals surface area contributed by atoms with Gasteiger partial charge in [-0.2, -0.15) is 0 Å². The molecule has 1 saturated heterocycles. The summed E-state index contributed by atoms with van der Waals surface area (Å²) < 4.78 is 0. The van der Waals surface area contributed by atoms with E-state index in [0.29, 0.717) is 6.54 Å². The summed E-state index contributed by atoms with van der Waals surface area (Å²) in [6.45, 7) is 6.33. The molecule has 0 aromatic heterocycles. The first-order chi connectivity index (χ1) is 12.1. The summed E-state index contributed by atoms with van der Waals surface area (Å²) in [4.78, 5) is 15.0. The van der Waals surface area contributed by atoms with Crippen molar-refractivity contribution in [2.75, 3.05) is 13.1 Å². The van der Waals surface area contributed by atoms with Gasteiger partial charge in [0, 0.05) is 25.0 Å². The lowest BCUT2D eigenvalue weighted by atomic mass is 9.85. The van der Waals surface area contributed by atoms with Gasteiger partial charge in [0.1, 0.15) is 0 Å². The second kappa shape index (κ2) is 8.81. The molecule has 2 unspecified atom stereocenters. The molecule has 25 heavy (non-hydrogen) atoms. The zero-order valence-electron chi connectivity index (χ0n) is 15.5. The Morgan fingerprint density at radius 1 is 1.16 bits per heavy atom. The monoisotopic (exact) mass is 343 g/mol. The first kappa shape index (κ1) is 18.4. The van der Waals surface area contributed by atoms with Crippen LogP contribution in [0.4, 0.5) is 0 Å². The molecule has 1 aromatic carbocycles. The number of piperidine rings is 1. The number of hydrogen-bond donors (Lipinski definition) is 2. The van der Waals surface area contributed by atoms with Gasteiger partial charge in [-0.1, -0.05) is 37.6 Å². The van der Waals surface area contributed by atoms with Crippen molar-refractivity contribution in [3.8, 4) is 0 Å². The Labute approximate surface area is 152 Å². The van der Waals surface area contributed by atoms with E-state index in [4.69, 9.17) is 5.73 Å². The molecule has 0 bridgehead atoms. The fraction of sp³-hybridized carbons (Fsp3) is 0.667. The zero-order valence-corrected chi connectivity index (χ0v) is 15.5. The molecule has 3 N–H and O–H groups in total. The SMILES string of the molecule is CC1CCN(Cc2ccccc2CNC(=O)C2CCCC(N)C2)CC1. The van der Waals surface area contributed by atoms with Gasteiger partial charge in [-0.15, -0.1) is 0 Å². The Hall–Kier alpha value is -1.39. The van der Waals surface area contributed by atoms with Crippen molar-refractivity contribution in [2.45, 2.75) is 64.6 Å². The van der Waals surface area contributed by atoms with Crippen molar-refractivity contribution in [1.29, 1.82) is 0 Å². The lowest BCUT2D eigenvalue weighted by molar-refractivity contribution is -0.126. The van der Waals surface area contributed by atoms with Crippen LogP contribution in [0.2, 0.25) is 0 Å². The molecule has 2 aliphatic rings. The number of hydrogen-bond acceptors (Lipinski definition) is 3. The van der Waals surface area contributed by atoms with Gasteiger partial charge in [0.2, 0.25) is 5.91 Å². The van der Waals surface area contributed by atoms with E-state index in [9.17, 15) is 4.79 Å². The summed E-state index contributed by atoms with van der Waals surface area (Å²) in [5, 5.41) is 3.16. The Kier molecular flexibility index (Phi) is 6.49. The van der Waals surface area contributed by atoms with E-state index in [1.807, 2.05) is 0 Å². The van der Waals surface area contributed by atoms with E-state index in [1.165, 1.54) is 37.1 Å². The molecule has 1 aliphatic heterocycles. The molecule has 1 heterocycles. The molecule has 4 heteroatoms. The number of carbonyl (C=O) groups excluding carboxylic acids is 1. The van der Waals surface area contributed by atoms with Crippen molar-refractivity contribution < 1.29 is 4.79 Å². The van der Waals surface area contributed by atoms with Gasteiger partial charge in [-0.25, -0.2) is 0 Å². The highest BCUT2D eigenvalue weighted by atomic mass is 16.1. The Morgan fingerprint density at radius 2 is 1.88 bits per heavy atom. The first-order valence-electron chi connectivity index (χ1n) is 9.94.